The third-order valence-electron chi connectivity index (χ3n) is 4.71. The predicted molar refractivity (Wildman–Crippen MR) is 132 cm³/mol. The molecule has 1 amide bonds. The molecule has 0 unspecified atom stereocenters. The third-order valence-corrected chi connectivity index (χ3v) is 6.17. The van der Waals surface area contributed by atoms with Gasteiger partial charge in [0.2, 0.25) is 5.91 Å². The number of benzene rings is 3. The van der Waals surface area contributed by atoms with E-state index in [-0.39, 0.29) is 11.7 Å². The van der Waals surface area contributed by atoms with E-state index in [0.717, 1.165) is 11.1 Å². The van der Waals surface area contributed by atoms with Gasteiger partial charge in [-0.1, -0.05) is 65.3 Å². The van der Waals surface area contributed by atoms with Gasteiger partial charge in [-0.05, 0) is 48.0 Å². The number of aromatic nitrogens is 3. The fourth-order valence-electron chi connectivity index (χ4n) is 3.15. The highest BCUT2D eigenvalue weighted by molar-refractivity contribution is 7.99. The first-order valence-corrected chi connectivity index (χ1v) is 11.6. The molecule has 4 aromatic rings. The minimum absolute atomic E-state index is 0.0882. The highest BCUT2D eigenvalue weighted by Crippen LogP contribution is 2.27. The Labute approximate surface area is 205 Å². The van der Waals surface area contributed by atoms with Crippen LogP contribution in [0.5, 0.6) is 0 Å². The zero-order valence-corrected chi connectivity index (χ0v) is 19.5. The second kappa shape index (κ2) is 10.5. The average molecular weight is 494 g/mol. The van der Waals surface area contributed by atoms with Gasteiger partial charge in [0, 0.05) is 15.6 Å². The Morgan fingerprint density at radius 1 is 1.00 bits per heavy atom. The molecule has 6 nitrogen and oxygen atoms in total. The van der Waals surface area contributed by atoms with E-state index in [2.05, 4.69) is 15.5 Å². The summed E-state index contributed by atoms with van der Waals surface area (Å²) in [7, 11) is 0. The molecule has 1 N–H and O–H groups in total. The Bertz CT molecular complexity index is 1320. The van der Waals surface area contributed by atoms with Gasteiger partial charge in [0.25, 0.3) is 0 Å². The summed E-state index contributed by atoms with van der Waals surface area (Å²) in [5.41, 5.74) is 2.67. The van der Waals surface area contributed by atoms with Crippen molar-refractivity contribution < 1.29 is 4.79 Å². The second-order valence-electron chi connectivity index (χ2n) is 7.02. The van der Waals surface area contributed by atoms with Gasteiger partial charge in [-0.2, -0.15) is 5.26 Å². The minimum atomic E-state index is -0.277. The summed E-state index contributed by atoms with van der Waals surface area (Å²) in [5.74, 6) is 0.492. The number of nitrogens with one attached hydrogen (secondary N) is 1. The molecule has 0 saturated carbocycles. The Balaban J connectivity index is 1.56. The third kappa shape index (κ3) is 5.74. The molecule has 0 radical (unpaired) electrons. The number of thioether (sulfide) groups is 1. The quantitative estimate of drug-likeness (QED) is 0.324. The van der Waals surface area contributed by atoms with Gasteiger partial charge in [0.1, 0.15) is 6.07 Å². The van der Waals surface area contributed by atoms with Gasteiger partial charge in [0.15, 0.2) is 11.0 Å². The number of halogens is 2. The van der Waals surface area contributed by atoms with Crippen LogP contribution in [0, 0.1) is 11.3 Å². The number of nitrogens with zero attached hydrogens (tertiary/aromatic N) is 4. The largest absolute Gasteiger partial charge is 0.324 e. The molecular formula is C24H17Cl2N5OS. The molecule has 0 aliphatic heterocycles. The van der Waals surface area contributed by atoms with Crippen LogP contribution >= 0.6 is 35.0 Å². The fraction of sp³-hybridized carbons (Fsp3) is 0.0833. The van der Waals surface area contributed by atoms with Crippen LogP contribution in [0.15, 0.2) is 78.0 Å². The summed E-state index contributed by atoms with van der Waals surface area (Å²) >= 11 is 13.3. The number of carbonyl (C=O) groups is 1. The van der Waals surface area contributed by atoms with Crippen LogP contribution in [-0.4, -0.2) is 26.4 Å². The van der Waals surface area contributed by atoms with Crippen LogP contribution in [-0.2, 0) is 11.3 Å². The fourth-order valence-corrected chi connectivity index (χ4v) is 4.19. The normalized spacial score (nSPS) is 10.6. The van der Waals surface area contributed by atoms with Crippen LogP contribution in [0.2, 0.25) is 10.0 Å². The summed E-state index contributed by atoms with van der Waals surface area (Å²) in [5, 5.41) is 22.4. The number of amides is 1. The number of nitriles is 1. The molecule has 9 heteroatoms. The Morgan fingerprint density at radius 2 is 1.73 bits per heavy atom. The van der Waals surface area contributed by atoms with Crippen molar-refractivity contribution in [1.29, 1.82) is 5.26 Å². The highest BCUT2D eigenvalue weighted by Gasteiger charge is 2.17. The first kappa shape index (κ1) is 22.9. The van der Waals surface area contributed by atoms with E-state index >= 15 is 0 Å². The lowest BCUT2D eigenvalue weighted by Gasteiger charge is -2.11. The summed E-state index contributed by atoms with van der Waals surface area (Å²) in [6, 6.07) is 24.1. The molecule has 0 spiro atoms. The van der Waals surface area contributed by atoms with Crippen LogP contribution in [0.3, 0.4) is 0 Å². The van der Waals surface area contributed by atoms with Crippen molar-refractivity contribution >= 4 is 46.6 Å². The van der Waals surface area contributed by atoms with E-state index in [1.165, 1.54) is 11.8 Å². The molecule has 1 aromatic heterocycles. The first-order valence-electron chi connectivity index (χ1n) is 9.89. The Morgan fingerprint density at radius 3 is 2.45 bits per heavy atom. The first-order chi connectivity index (χ1) is 16.0. The lowest BCUT2D eigenvalue weighted by molar-refractivity contribution is -0.113. The lowest BCUT2D eigenvalue weighted by atomic mass is 10.2. The maximum atomic E-state index is 12.6. The number of rotatable bonds is 7. The monoisotopic (exact) mass is 493 g/mol. The zero-order chi connectivity index (χ0) is 23.2. The molecule has 33 heavy (non-hydrogen) atoms. The van der Waals surface area contributed by atoms with Gasteiger partial charge < -0.3 is 5.32 Å². The van der Waals surface area contributed by atoms with E-state index in [1.54, 1.807) is 30.3 Å². The van der Waals surface area contributed by atoms with Crippen molar-refractivity contribution in [3.8, 4) is 17.5 Å². The predicted octanol–water partition coefficient (Wildman–Crippen LogP) is 5.90. The van der Waals surface area contributed by atoms with E-state index in [0.29, 0.717) is 38.8 Å². The van der Waals surface area contributed by atoms with Crippen molar-refractivity contribution in [2.45, 2.75) is 11.7 Å². The molecule has 0 aliphatic rings. The number of carbonyl (C=O) groups excluding carboxylic acids is 1. The summed E-state index contributed by atoms with van der Waals surface area (Å²) in [4.78, 5) is 12.6. The topological polar surface area (TPSA) is 83.6 Å². The SMILES string of the molecule is N#Cc1ccc(Cl)cc1NC(=O)CSc1nnc(-c2ccc(Cl)cc2)n1Cc1ccccc1. The van der Waals surface area contributed by atoms with Gasteiger partial charge >= 0.3 is 0 Å². The molecule has 0 saturated heterocycles. The smallest absolute Gasteiger partial charge is 0.234 e. The molecule has 0 atom stereocenters. The molecule has 1 heterocycles. The summed E-state index contributed by atoms with van der Waals surface area (Å²) < 4.78 is 1.97. The van der Waals surface area contributed by atoms with Gasteiger partial charge in [0.05, 0.1) is 23.5 Å². The summed E-state index contributed by atoms with van der Waals surface area (Å²) in [6.07, 6.45) is 0. The minimum Gasteiger partial charge on any atom is -0.324 e. The van der Waals surface area contributed by atoms with Crippen molar-refractivity contribution in [2.24, 2.45) is 0 Å². The number of anilines is 1. The van der Waals surface area contributed by atoms with Crippen LogP contribution < -0.4 is 5.32 Å². The Hall–Kier alpha value is -3.31. The van der Waals surface area contributed by atoms with E-state index in [4.69, 9.17) is 23.2 Å². The molecule has 164 valence electrons. The molecule has 0 aliphatic carbocycles. The maximum Gasteiger partial charge on any atom is 0.234 e. The second-order valence-corrected chi connectivity index (χ2v) is 8.84. The maximum absolute atomic E-state index is 12.6. The van der Waals surface area contributed by atoms with E-state index in [9.17, 15) is 10.1 Å². The Kier molecular flexibility index (Phi) is 7.30. The lowest BCUT2D eigenvalue weighted by Crippen LogP contribution is -2.15. The molecule has 0 bridgehead atoms. The molecular weight excluding hydrogens is 477 g/mol. The highest BCUT2D eigenvalue weighted by atomic mass is 35.5. The van der Waals surface area contributed by atoms with Gasteiger partial charge in [-0.3, -0.25) is 9.36 Å². The van der Waals surface area contributed by atoms with Gasteiger partial charge in [-0.15, -0.1) is 10.2 Å². The van der Waals surface area contributed by atoms with Crippen molar-refractivity contribution in [2.75, 3.05) is 11.1 Å². The van der Waals surface area contributed by atoms with Crippen LogP contribution in [0.1, 0.15) is 11.1 Å². The molecule has 4 rings (SSSR count). The number of hydrogen-bond donors (Lipinski definition) is 1. The van der Waals surface area contributed by atoms with Crippen LogP contribution in [0.4, 0.5) is 5.69 Å². The van der Waals surface area contributed by atoms with Crippen LogP contribution in [0.25, 0.3) is 11.4 Å². The van der Waals surface area contributed by atoms with E-state index in [1.807, 2.05) is 53.1 Å². The number of hydrogen-bond acceptors (Lipinski definition) is 5. The van der Waals surface area contributed by atoms with Crippen molar-refractivity contribution in [3.05, 3.63) is 94.0 Å². The van der Waals surface area contributed by atoms with Crippen molar-refractivity contribution in [1.82, 2.24) is 14.8 Å². The molecule has 3 aromatic carbocycles. The summed E-state index contributed by atoms with van der Waals surface area (Å²) in [6.45, 7) is 0.544. The standard InChI is InChI=1S/C24H17Cl2N5OS/c25-19-9-6-17(7-10-19)23-29-30-24(31(23)14-16-4-2-1-3-5-16)33-15-22(32)28-21-12-20(26)11-8-18(21)13-27/h1-12H,14-15H2,(H,28,32). The van der Waals surface area contributed by atoms with Crippen molar-refractivity contribution in [3.63, 3.8) is 0 Å². The zero-order valence-electron chi connectivity index (χ0n) is 17.2. The van der Waals surface area contributed by atoms with E-state index < -0.39 is 0 Å². The molecule has 0 fully saturated rings. The van der Waals surface area contributed by atoms with Gasteiger partial charge in [-0.25, -0.2) is 0 Å². The average Bonchev–Trinajstić information content (AvgIpc) is 3.21.